The summed E-state index contributed by atoms with van der Waals surface area (Å²) in [5.41, 5.74) is 7.41. The number of carbonyl (C=O) groups excluding carboxylic acids is 1. The lowest BCUT2D eigenvalue weighted by molar-refractivity contribution is -0.123. The molecule has 0 radical (unpaired) electrons. The van der Waals surface area contributed by atoms with Gasteiger partial charge in [-0.25, -0.2) is 0 Å². The minimum Gasteiger partial charge on any atom is -0.321 e. The van der Waals surface area contributed by atoms with Crippen molar-refractivity contribution in [2.45, 2.75) is 26.3 Å². The molecule has 0 fully saturated rings. The second kappa shape index (κ2) is 5.43. The molecule has 1 aromatic rings. The number of benzene rings is 1. The van der Waals surface area contributed by atoms with Crippen LogP contribution in [0.1, 0.15) is 25.0 Å². The third-order valence-electron chi connectivity index (χ3n) is 2.47. The van der Waals surface area contributed by atoms with Crippen molar-refractivity contribution >= 4 is 5.78 Å². The maximum atomic E-state index is 11.6. The predicted octanol–water partition coefficient (Wildman–Crippen LogP) is 1.65. The maximum absolute atomic E-state index is 11.6. The van der Waals surface area contributed by atoms with Crippen LogP contribution >= 0.6 is 0 Å². The van der Waals surface area contributed by atoms with Gasteiger partial charge in [0.05, 0.1) is 17.7 Å². The quantitative estimate of drug-likeness (QED) is 0.832. The Kier molecular flexibility index (Phi) is 4.21. The number of Topliss-reactive ketones (excluding diaryl/α,β-unsaturated/α-hetero) is 1. The van der Waals surface area contributed by atoms with Gasteiger partial charge in [-0.1, -0.05) is 26.0 Å². The Balaban J connectivity index is 2.67. The normalized spacial score (nSPS) is 12.2. The Morgan fingerprint density at radius 2 is 1.94 bits per heavy atom. The lowest BCUT2D eigenvalue weighted by Gasteiger charge is -2.12. The third-order valence-corrected chi connectivity index (χ3v) is 2.47. The van der Waals surface area contributed by atoms with Crippen LogP contribution in [0.15, 0.2) is 24.3 Å². The highest BCUT2D eigenvalue weighted by atomic mass is 16.1. The van der Waals surface area contributed by atoms with Crippen LogP contribution in [0.3, 0.4) is 0 Å². The summed E-state index contributed by atoms with van der Waals surface area (Å²) < 4.78 is 0. The molecule has 0 aliphatic carbocycles. The monoisotopic (exact) mass is 216 g/mol. The van der Waals surface area contributed by atoms with E-state index in [9.17, 15) is 4.79 Å². The number of rotatable bonds is 4. The highest BCUT2D eigenvalue weighted by Gasteiger charge is 2.16. The first-order chi connectivity index (χ1) is 7.54. The molecule has 16 heavy (non-hydrogen) atoms. The Hall–Kier alpha value is -1.66. The van der Waals surface area contributed by atoms with Gasteiger partial charge in [0.15, 0.2) is 5.78 Å². The van der Waals surface area contributed by atoms with E-state index in [-0.39, 0.29) is 11.7 Å². The zero-order chi connectivity index (χ0) is 12.1. The van der Waals surface area contributed by atoms with Crippen LogP contribution in [0.5, 0.6) is 0 Å². The van der Waals surface area contributed by atoms with Crippen LogP contribution in [0.4, 0.5) is 0 Å². The molecule has 0 unspecified atom stereocenters. The van der Waals surface area contributed by atoms with Crippen LogP contribution in [0, 0.1) is 17.2 Å². The van der Waals surface area contributed by atoms with Gasteiger partial charge in [-0.15, -0.1) is 0 Å². The van der Waals surface area contributed by atoms with Gasteiger partial charge in [-0.2, -0.15) is 5.26 Å². The fourth-order valence-corrected chi connectivity index (χ4v) is 1.50. The second-order valence-electron chi connectivity index (χ2n) is 4.18. The van der Waals surface area contributed by atoms with E-state index in [1.54, 1.807) is 12.1 Å². The first-order valence-electron chi connectivity index (χ1n) is 5.33. The number of carbonyl (C=O) groups is 1. The van der Waals surface area contributed by atoms with Crippen LogP contribution in [-0.4, -0.2) is 11.8 Å². The summed E-state index contributed by atoms with van der Waals surface area (Å²) in [7, 11) is 0. The number of hydrogen-bond donors (Lipinski definition) is 1. The minimum atomic E-state index is -0.451. The average Bonchev–Trinajstić information content (AvgIpc) is 2.28. The molecule has 0 saturated carbocycles. The summed E-state index contributed by atoms with van der Waals surface area (Å²) in [6.07, 6.45) is 0.530. The van der Waals surface area contributed by atoms with E-state index in [0.29, 0.717) is 12.0 Å². The van der Waals surface area contributed by atoms with Gasteiger partial charge in [0, 0.05) is 5.92 Å². The Morgan fingerprint density at radius 1 is 1.38 bits per heavy atom. The smallest absolute Gasteiger partial charge is 0.152 e. The number of nitrogens with zero attached hydrogens (tertiary/aromatic N) is 1. The molecule has 3 nitrogen and oxygen atoms in total. The molecule has 0 aromatic heterocycles. The van der Waals surface area contributed by atoms with E-state index in [0.717, 1.165) is 5.56 Å². The Labute approximate surface area is 95.9 Å². The lowest BCUT2D eigenvalue weighted by atomic mass is 9.96. The first kappa shape index (κ1) is 12.4. The van der Waals surface area contributed by atoms with E-state index < -0.39 is 6.04 Å². The zero-order valence-corrected chi connectivity index (χ0v) is 9.60. The third kappa shape index (κ3) is 3.18. The van der Waals surface area contributed by atoms with E-state index in [4.69, 9.17) is 11.0 Å². The van der Waals surface area contributed by atoms with E-state index >= 15 is 0 Å². The van der Waals surface area contributed by atoms with Crippen LogP contribution in [0.25, 0.3) is 0 Å². The second-order valence-corrected chi connectivity index (χ2v) is 4.18. The topological polar surface area (TPSA) is 66.9 Å². The average molecular weight is 216 g/mol. The highest BCUT2D eigenvalue weighted by Crippen LogP contribution is 2.08. The van der Waals surface area contributed by atoms with E-state index in [1.165, 1.54) is 0 Å². The molecule has 1 aromatic carbocycles. The molecule has 0 bridgehead atoms. The minimum absolute atomic E-state index is 0.0339. The van der Waals surface area contributed by atoms with Crippen molar-refractivity contribution in [3.63, 3.8) is 0 Å². The lowest BCUT2D eigenvalue weighted by Crippen LogP contribution is -2.35. The van der Waals surface area contributed by atoms with Crippen molar-refractivity contribution in [3.05, 3.63) is 35.4 Å². The van der Waals surface area contributed by atoms with Crippen LogP contribution < -0.4 is 5.73 Å². The van der Waals surface area contributed by atoms with E-state index in [2.05, 4.69) is 6.07 Å². The molecule has 3 heteroatoms. The van der Waals surface area contributed by atoms with Gasteiger partial charge >= 0.3 is 0 Å². The molecular weight excluding hydrogens is 200 g/mol. The Morgan fingerprint density at radius 3 is 2.38 bits per heavy atom. The van der Waals surface area contributed by atoms with Crippen molar-refractivity contribution in [1.82, 2.24) is 0 Å². The highest BCUT2D eigenvalue weighted by molar-refractivity contribution is 5.85. The number of nitriles is 1. The van der Waals surface area contributed by atoms with Gasteiger partial charge in [-0.3, -0.25) is 4.79 Å². The van der Waals surface area contributed by atoms with E-state index in [1.807, 2.05) is 26.0 Å². The summed E-state index contributed by atoms with van der Waals surface area (Å²) >= 11 is 0. The summed E-state index contributed by atoms with van der Waals surface area (Å²) in [5.74, 6) is 0.0396. The summed E-state index contributed by atoms with van der Waals surface area (Å²) in [5, 5.41) is 8.64. The van der Waals surface area contributed by atoms with Crippen LogP contribution in [-0.2, 0) is 11.2 Å². The molecule has 0 saturated heterocycles. The molecule has 0 heterocycles. The fraction of sp³-hybridized carbons (Fsp3) is 0.385. The largest absolute Gasteiger partial charge is 0.321 e. The fourth-order valence-electron chi connectivity index (χ4n) is 1.50. The van der Waals surface area contributed by atoms with Crippen molar-refractivity contribution in [2.75, 3.05) is 0 Å². The van der Waals surface area contributed by atoms with Gasteiger partial charge in [0.25, 0.3) is 0 Å². The molecule has 0 aliphatic rings. The molecule has 0 amide bonds. The van der Waals surface area contributed by atoms with Crippen molar-refractivity contribution in [2.24, 2.45) is 11.7 Å². The van der Waals surface area contributed by atoms with Gasteiger partial charge in [0.2, 0.25) is 0 Å². The molecule has 0 aliphatic heterocycles. The van der Waals surface area contributed by atoms with Gasteiger partial charge in [-0.05, 0) is 24.1 Å². The summed E-state index contributed by atoms with van der Waals surface area (Å²) in [4.78, 5) is 11.6. The van der Waals surface area contributed by atoms with Crippen molar-refractivity contribution in [1.29, 1.82) is 5.26 Å². The molecule has 2 N–H and O–H groups in total. The molecule has 0 spiro atoms. The summed E-state index contributed by atoms with van der Waals surface area (Å²) in [6.45, 7) is 3.70. The number of nitrogens with two attached hydrogens (primary N) is 1. The Bertz CT molecular complexity index is 401. The molecule has 84 valence electrons. The summed E-state index contributed by atoms with van der Waals surface area (Å²) in [6, 6.07) is 8.75. The zero-order valence-electron chi connectivity index (χ0n) is 9.60. The predicted molar refractivity (Wildman–Crippen MR) is 62.7 cm³/mol. The SMILES string of the molecule is CC(C)C(=O)[C@H](N)Cc1ccc(C#N)cc1. The van der Waals surface area contributed by atoms with Gasteiger partial charge in [0.1, 0.15) is 0 Å². The standard InChI is InChI=1S/C13H16N2O/c1-9(2)13(16)12(15)7-10-3-5-11(8-14)6-4-10/h3-6,9,12H,7,15H2,1-2H3/t12-/m1/s1. The maximum Gasteiger partial charge on any atom is 0.152 e. The first-order valence-corrected chi connectivity index (χ1v) is 5.33. The molecule has 1 atom stereocenters. The number of hydrogen-bond acceptors (Lipinski definition) is 3. The van der Waals surface area contributed by atoms with Crippen molar-refractivity contribution < 1.29 is 4.79 Å². The van der Waals surface area contributed by atoms with Gasteiger partial charge < -0.3 is 5.73 Å². The van der Waals surface area contributed by atoms with Crippen molar-refractivity contribution in [3.8, 4) is 6.07 Å². The van der Waals surface area contributed by atoms with Crippen LogP contribution in [0.2, 0.25) is 0 Å². The molecular formula is C13H16N2O. The molecule has 1 rings (SSSR count). The number of ketones is 1.